The lowest BCUT2D eigenvalue weighted by Gasteiger charge is -2.18. The summed E-state index contributed by atoms with van der Waals surface area (Å²) in [5, 5.41) is 3.27. The Kier molecular flexibility index (Phi) is 4.80. The number of aryl methyl sites for hydroxylation is 1. The van der Waals surface area contributed by atoms with Crippen LogP contribution in [-0.4, -0.2) is 21.7 Å². The molecule has 3 nitrogen and oxygen atoms in total. The highest BCUT2D eigenvalue weighted by Crippen LogP contribution is 2.21. The van der Waals surface area contributed by atoms with Crippen molar-refractivity contribution in [3.8, 4) is 0 Å². The first-order valence-corrected chi connectivity index (χ1v) is 8.82. The molecule has 4 heteroatoms. The molecule has 0 bridgehead atoms. The first-order valence-electron chi connectivity index (χ1n) is 6.93. The van der Waals surface area contributed by atoms with Crippen molar-refractivity contribution in [2.75, 3.05) is 13.3 Å². The lowest BCUT2D eigenvalue weighted by Crippen LogP contribution is -2.19. The van der Waals surface area contributed by atoms with E-state index in [9.17, 15) is 8.42 Å². The van der Waals surface area contributed by atoms with E-state index in [0.717, 1.165) is 12.0 Å². The van der Waals surface area contributed by atoms with Gasteiger partial charge in [0, 0.05) is 12.3 Å². The fourth-order valence-corrected chi connectivity index (χ4v) is 3.10. The van der Waals surface area contributed by atoms with Crippen LogP contribution in [0.3, 0.4) is 0 Å². The topological polar surface area (TPSA) is 46.2 Å². The Balaban J connectivity index is 2.29. The number of rotatable bonds is 5. The predicted molar refractivity (Wildman–Crippen MR) is 86.2 cm³/mol. The van der Waals surface area contributed by atoms with Crippen LogP contribution in [0.5, 0.6) is 0 Å². The summed E-state index contributed by atoms with van der Waals surface area (Å²) >= 11 is 0. The lowest BCUT2D eigenvalue weighted by molar-refractivity contribution is 0.587. The van der Waals surface area contributed by atoms with Gasteiger partial charge >= 0.3 is 0 Å². The van der Waals surface area contributed by atoms with E-state index >= 15 is 0 Å². The van der Waals surface area contributed by atoms with Crippen LogP contribution in [0.25, 0.3) is 0 Å². The zero-order valence-electron chi connectivity index (χ0n) is 12.6. The summed E-state index contributed by atoms with van der Waals surface area (Å²) in [4.78, 5) is 0.365. The molecule has 0 aliphatic heterocycles. The third kappa shape index (κ3) is 4.16. The van der Waals surface area contributed by atoms with E-state index in [-0.39, 0.29) is 6.04 Å². The molecule has 0 aliphatic rings. The second kappa shape index (κ2) is 6.41. The summed E-state index contributed by atoms with van der Waals surface area (Å²) < 4.78 is 23.4. The van der Waals surface area contributed by atoms with E-state index in [1.807, 2.05) is 19.2 Å². The van der Waals surface area contributed by atoms with Gasteiger partial charge in [-0.15, -0.1) is 0 Å². The highest BCUT2D eigenvalue weighted by Gasteiger charge is 2.14. The maximum atomic E-state index is 11.7. The summed E-state index contributed by atoms with van der Waals surface area (Å²) in [5.74, 6) is 0. The Morgan fingerprint density at radius 1 is 1.10 bits per heavy atom. The van der Waals surface area contributed by atoms with Gasteiger partial charge in [-0.3, -0.25) is 0 Å². The molecule has 112 valence electrons. The van der Waals surface area contributed by atoms with Gasteiger partial charge in [0.1, 0.15) is 0 Å². The van der Waals surface area contributed by atoms with Gasteiger partial charge in [-0.05, 0) is 43.7 Å². The van der Waals surface area contributed by atoms with E-state index in [4.69, 9.17) is 0 Å². The van der Waals surface area contributed by atoms with E-state index in [2.05, 4.69) is 30.4 Å². The van der Waals surface area contributed by atoms with Crippen LogP contribution < -0.4 is 5.32 Å². The maximum Gasteiger partial charge on any atom is 0.175 e. The summed E-state index contributed by atoms with van der Waals surface area (Å²) in [7, 11) is -1.28. The van der Waals surface area contributed by atoms with Crippen molar-refractivity contribution in [3.05, 3.63) is 65.2 Å². The zero-order valence-corrected chi connectivity index (χ0v) is 13.4. The molecular formula is C17H21NO2S. The van der Waals surface area contributed by atoms with Crippen LogP contribution in [-0.2, 0) is 16.3 Å². The molecule has 0 saturated carbocycles. The first-order chi connectivity index (χ1) is 9.90. The van der Waals surface area contributed by atoms with Crippen LogP contribution >= 0.6 is 0 Å². The Morgan fingerprint density at radius 3 is 2.43 bits per heavy atom. The average molecular weight is 303 g/mol. The van der Waals surface area contributed by atoms with Crippen molar-refractivity contribution in [3.63, 3.8) is 0 Å². The molecule has 2 aromatic carbocycles. The van der Waals surface area contributed by atoms with E-state index in [1.54, 1.807) is 18.2 Å². The van der Waals surface area contributed by atoms with Gasteiger partial charge in [0.2, 0.25) is 0 Å². The number of hydrogen-bond donors (Lipinski definition) is 1. The highest BCUT2D eigenvalue weighted by atomic mass is 32.2. The summed E-state index contributed by atoms with van der Waals surface area (Å²) in [6.07, 6.45) is 2.06. The minimum Gasteiger partial charge on any atom is -0.313 e. The fourth-order valence-electron chi connectivity index (χ4n) is 2.42. The Bertz CT molecular complexity index is 723. The average Bonchev–Trinajstić information content (AvgIpc) is 2.44. The summed E-state index contributed by atoms with van der Waals surface area (Å²) in [5.41, 5.74) is 3.45. The van der Waals surface area contributed by atoms with Crippen molar-refractivity contribution in [2.24, 2.45) is 0 Å². The molecule has 0 heterocycles. The molecule has 0 fully saturated rings. The van der Waals surface area contributed by atoms with Crippen LogP contribution in [0, 0.1) is 6.92 Å². The third-order valence-corrected chi connectivity index (χ3v) is 4.67. The molecule has 21 heavy (non-hydrogen) atoms. The minimum atomic E-state index is -3.17. The predicted octanol–water partition coefficient (Wildman–Crippen LogP) is 2.90. The molecule has 0 radical (unpaired) electrons. The quantitative estimate of drug-likeness (QED) is 0.924. The van der Waals surface area contributed by atoms with Gasteiger partial charge in [-0.2, -0.15) is 0 Å². The Hall–Kier alpha value is -1.65. The van der Waals surface area contributed by atoms with Crippen molar-refractivity contribution in [1.82, 2.24) is 5.32 Å². The monoisotopic (exact) mass is 303 g/mol. The van der Waals surface area contributed by atoms with Gasteiger partial charge in [-0.1, -0.05) is 42.0 Å². The lowest BCUT2D eigenvalue weighted by atomic mass is 9.98. The fraction of sp³-hybridized carbons (Fsp3) is 0.294. The van der Waals surface area contributed by atoms with Gasteiger partial charge in [0.25, 0.3) is 0 Å². The Labute approximate surface area is 126 Å². The molecule has 2 rings (SSSR count). The van der Waals surface area contributed by atoms with Crippen molar-refractivity contribution in [1.29, 1.82) is 0 Å². The van der Waals surface area contributed by atoms with Crippen LogP contribution in [0.15, 0.2) is 53.4 Å². The molecule has 0 spiro atoms. The molecule has 1 N–H and O–H groups in total. The second-order valence-electron chi connectivity index (χ2n) is 5.38. The number of hydrogen-bond acceptors (Lipinski definition) is 3. The first kappa shape index (κ1) is 15.7. The summed E-state index contributed by atoms with van der Waals surface area (Å²) in [6, 6.07) is 15.6. The van der Waals surface area contributed by atoms with Crippen molar-refractivity contribution in [2.45, 2.75) is 24.3 Å². The molecule has 0 aliphatic carbocycles. The van der Waals surface area contributed by atoms with Gasteiger partial charge in [0.15, 0.2) is 9.84 Å². The largest absolute Gasteiger partial charge is 0.313 e. The smallest absolute Gasteiger partial charge is 0.175 e. The van der Waals surface area contributed by atoms with Crippen LogP contribution in [0.2, 0.25) is 0 Å². The van der Waals surface area contributed by atoms with E-state index in [0.29, 0.717) is 4.90 Å². The van der Waals surface area contributed by atoms with Crippen molar-refractivity contribution >= 4 is 9.84 Å². The van der Waals surface area contributed by atoms with Crippen molar-refractivity contribution < 1.29 is 8.42 Å². The van der Waals surface area contributed by atoms with Crippen LogP contribution in [0.4, 0.5) is 0 Å². The number of likely N-dealkylation sites (N-methyl/N-ethyl adjacent to an activating group) is 1. The zero-order chi connectivity index (χ0) is 15.5. The standard InChI is InChI=1S/C17H21NO2S/c1-13-6-4-7-14(10-13)11-17(18-2)15-8-5-9-16(12-15)21(3,19)20/h4-10,12,17-18H,11H2,1-3H3. The number of benzene rings is 2. The Morgan fingerprint density at radius 2 is 1.81 bits per heavy atom. The van der Waals surface area contributed by atoms with E-state index in [1.165, 1.54) is 17.4 Å². The number of nitrogens with one attached hydrogen (secondary N) is 1. The minimum absolute atomic E-state index is 0.0912. The molecule has 2 aromatic rings. The molecule has 0 saturated heterocycles. The normalized spacial score (nSPS) is 13.1. The summed E-state index contributed by atoms with van der Waals surface area (Å²) in [6.45, 7) is 2.07. The molecular weight excluding hydrogens is 282 g/mol. The SMILES string of the molecule is CNC(Cc1cccc(C)c1)c1cccc(S(C)(=O)=O)c1. The highest BCUT2D eigenvalue weighted by molar-refractivity contribution is 7.90. The number of sulfone groups is 1. The molecule has 1 atom stereocenters. The van der Waals surface area contributed by atoms with Gasteiger partial charge in [0.05, 0.1) is 4.90 Å². The van der Waals surface area contributed by atoms with Gasteiger partial charge in [-0.25, -0.2) is 8.42 Å². The third-order valence-electron chi connectivity index (χ3n) is 3.56. The van der Waals surface area contributed by atoms with Gasteiger partial charge < -0.3 is 5.32 Å². The van der Waals surface area contributed by atoms with E-state index < -0.39 is 9.84 Å². The molecule has 0 amide bonds. The molecule has 1 unspecified atom stereocenters. The van der Waals surface area contributed by atoms with Crippen LogP contribution in [0.1, 0.15) is 22.7 Å². The maximum absolute atomic E-state index is 11.7. The second-order valence-corrected chi connectivity index (χ2v) is 7.39. The molecule has 0 aromatic heterocycles.